The van der Waals surface area contributed by atoms with Gasteiger partial charge in [-0.1, -0.05) is 40.0 Å². The van der Waals surface area contributed by atoms with Gasteiger partial charge in [-0.3, -0.25) is 0 Å². The molecule has 0 bridgehead atoms. The Hall–Kier alpha value is 0.310. The molecule has 2 heteroatoms. The summed E-state index contributed by atoms with van der Waals surface area (Å²) in [6.45, 7) is 8.33. The maximum absolute atomic E-state index is 3.85. The van der Waals surface area contributed by atoms with E-state index in [0.29, 0.717) is 0 Å². The smallest absolute Gasteiger partial charge is 0.0206 e. The highest BCUT2D eigenvalue weighted by atomic mass is 32.2. The van der Waals surface area contributed by atoms with E-state index in [0.717, 1.165) is 28.4 Å². The minimum atomic E-state index is 0.792. The van der Waals surface area contributed by atoms with Crippen LogP contribution in [0.1, 0.15) is 78.6 Å². The summed E-state index contributed by atoms with van der Waals surface area (Å²) >= 11 is 2.36. The summed E-state index contributed by atoms with van der Waals surface area (Å²) in [6.07, 6.45) is 12.9. The van der Waals surface area contributed by atoms with Crippen LogP contribution in [-0.2, 0) is 0 Å². The van der Waals surface area contributed by atoms with Crippen molar-refractivity contribution in [1.82, 2.24) is 5.32 Å². The van der Waals surface area contributed by atoms with E-state index < -0.39 is 0 Å². The Morgan fingerprint density at radius 2 is 1.90 bits per heavy atom. The van der Waals surface area contributed by atoms with Crippen LogP contribution in [0.4, 0.5) is 0 Å². The zero-order valence-electron chi connectivity index (χ0n) is 13.9. The Morgan fingerprint density at radius 1 is 1.05 bits per heavy atom. The third-order valence-corrected chi connectivity index (χ3v) is 7.07. The minimum absolute atomic E-state index is 0.792. The van der Waals surface area contributed by atoms with Gasteiger partial charge in [0.2, 0.25) is 0 Å². The quantitative estimate of drug-likeness (QED) is 0.719. The van der Waals surface area contributed by atoms with E-state index in [-0.39, 0.29) is 0 Å². The number of hydrogen-bond donors (Lipinski definition) is 1. The van der Waals surface area contributed by atoms with Crippen LogP contribution in [0.15, 0.2) is 0 Å². The summed E-state index contributed by atoms with van der Waals surface area (Å²) in [4.78, 5) is 0. The van der Waals surface area contributed by atoms with E-state index in [1.54, 1.807) is 0 Å². The molecule has 0 heterocycles. The first-order valence-electron chi connectivity index (χ1n) is 9.11. The van der Waals surface area contributed by atoms with Crippen molar-refractivity contribution in [3.63, 3.8) is 0 Å². The third kappa shape index (κ3) is 4.94. The van der Waals surface area contributed by atoms with Gasteiger partial charge >= 0.3 is 0 Å². The molecule has 0 spiro atoms. The number of rotatable bonds is 6. The van der Waals surface area contributed by atoms with Gasteiger partial charge in [0.15, 0.2) is 0 Å². The minimum Gasteiger partial charge on any atom is -0.313 e. The summed E-state index contributed by atoms with van der Waals surface area (Å²) in [6, 6.07) is 0.792. The number of thioether (sulfide) groups is 1. The average Bonchev–Trinajstić information content (AvgIpc) is 2.46. The molecule has 0 radical (unpaired) electrons. The molecule has 0 amide bonds. The van der Waals surface area contributed by atoms with Gasteiger partial charge in [0.05, 0.1) is 0 Å². The van der Waals surface area contributed by atoms with Gasteiger partial charge in [-0.2, -0.15) is 11.8 Å². The van der Waals surface area contributed by atoms with Gasteiger partial charge < -0.3 is 5.32 Å². The maximum atomic E-state index is 3.85. The molecule has 0 aromatic rings. The van der Waals surface area contributed by atoms with Crippen LogP contribution in [0.2, 0.25) is 0 Å². The van der Waals surface area contributed by atoms with Gasteiger partial charge in [-0.15, -0.1) is 0 Å². The lowest BCUT2D eigenvalue weighted by Crippen LogP contribution is -2.43. The second kappa shape index (κ2) is 8.68. The standard InChI is InChI=1S/C18H35NS/c1-4-11-19-17-10-9-15(5-2)13-18(17)20-16-8-6-7-14(3)12-16/h14-19H,4-13H2,1-3H3. The molecule has 1 N–H and O–H groups in total. The molecular formula is C18H35NS. The van der Waals surface area contributed by atoms with Crippen LogP contribution in [0.25, 0.3) is 0 Å². The summed E-state index contributed by atoms with van der Waals surface area (Å²) < 4.78 is 0. The Kier molecular flexibility index (Phi) is 7.24. The monoisotopic (exact) mass is 297 g/mol. The zero-order valence-corrected chi connectivity index (χ0v) is 14.7. The molecule has 0 aromatic carbocycles. The molecule has 2 aliphatic carbocycles. The second-order valence-electron chi connectivity index (χ2n) is 7.22. The molecular weight excluding hydrogens is 262 g/mol. The molecule has 2 fully saturated rings. The van der Waals surface area contributed by atoms with E-state index in [1.165, 1.54) is 64.3 Å². The predicted octanol–water partition coefficient (Wildman–Crippen LogP) is 5.25. The lowest BCUT2D eigenvalue weighted by molar-refractivity contribution is 0.293. The third-order valence-electron chi connectivity index (χ3n) is 5.39. The molecule has 0 aromatic heterocycles. The van der Waals surface area contributed by atoms with Gasteiger partial charge in [-0.05, 0) is 56.9 Å². The fourth-order valence-electron chi connectivity index (χ4n) is 4.05. The summed E-state index contributed by atoms with van der Waals surface area (Å²) in [5.74, 6) is 1.96. The van der Waals surface area contributed by atoms with E-state index in [9.17, 15) is 0 Å². The van der Waals surface area contributed by atoms with E-state index >= 15 is 0 Å². The molecule has 2 aliphatic rings. The van der Waals surface area contributed by atoms with Gasteiger partial charge in [0.1, 0.15) is 0 Å². The zero-order chi connectivity index (χ0) is 14.4. The summed E-state index contributed by atoms with van der Waals surface area (Å²) in [5.41, 5.74) is 0. The molecule has 0 saturated heterocycles. The molecule has 2 rings (SSSR count). The molecule has 118 valence electrons. The molecule has 5 atom stereocenters. The van der Waals surface area contributed by atoms with Crippen molar-refractivity contribution in [3.05, 3.63) is 0 Å². The molecule has 5 unspecified atom stereocenters. The van der Waals surface area contributed by atoms with Crippen LogP contribution >= 0.6 is 11.8 Å². The average molecular weight is 298 g/mol. The highest BCUT2D eigenvalue weighted by Crippen LogP contribution is 2.40. The van der Waals surface area contributed by atoms with Crippen molar-refractivity contribution < 1.29 is 0 Å². The largest absolute Gasteiger partial charge is 0.313 e. The van der Waals surface area contributed by atoms with Gasteiger partial charge in [0, 0.05) is 16.5 Å². The molecule has 20 heavy (non-hydrogen) atoms. The van der Waals surface area contributed by atoms with Crippen LogP contribution in [0, 0.1) is 11.8 Å². The molecule has 1 nitrogen and oxygen atoms in total. The Balaban J connectivity index is 1.88. The number of nitrogens with one attached hydrogen (secondary N) is 1. The molecule has 0 aliphatic heterocycles. The highest BCUT2D eigenvalue weighted by molar-refractivity contribution is 8.00. The second-order valence-corrected chi connectivity index (χ2v) is 8.76. The van der Waals surface area contributed by atoms with Crippen molar-refractivity contribution >= 4 is 11.8 Å². The fourth-order valence-corrected chi connectivity index (χ4v) is 6.09. The summed E-state index contributed by atoms with van der Waals surface area (Å²) in [7, 11) is 0. The topological polar surface area (TPSA) is 12.0 Å². The Labute approximate surface area is 131 Å². The Bertz CT molecular complexity index is 268. The summed E-state index contributed by atoms with van der Waals surface area (Å²) in [5, 5.41) is 5.68. The van der Waals surface area contributed by atoms with Crippen LogP contribution in [0.3, 0.4) is 0 Å². The normalized spacial score (nSPS) is 38.9. The lowest BCUT2D eigenvalue weighted by atomic mass is 9.84. The van der Waals surface area contributed by atoms with Crippen molar-refractivity contribution in [2.24, 2.45) is 11.8 Å². The SMILES string of the molecule is CCCNC1CCC(CC)CC1SC1CCCC(C)C1. The van der Waals surface area contributed by atoms with Gasteiger partial charge in [-0.25, -0.2) is 0 Å². The van der Waals surface area contributed by atoms with Crippen LogP contribution in [-0.4, -0.2) is 23.1 Å². The van der Waals surface area contributed by atoms with Crippen LogP contribution < -0.4 is 5.32 Å². The van der Waals surface area contributed by atoms with Crippen molar-refractivity contribution in [2.75, 3.05) is 6.54 Å². The number of hydrogen-bond acceptors (Lipinski definition) is 2. The highest BCUT2D eigenvalue weighted by Gasteiger charge is 2.32. The van der Waals surface area contributed by atoms with Crippen molar-refractivity contribution in [2.45, 2.75) is 95.1 Å². The Morgan fingerprint density at radius 3 is 2.60 bits per heavy atom. The van der Waals surface area contributed by atoms with E-state index in [2.05, 4.69) is 37.8 Å². The van der Waals surface area contributed by atoms with Crippen LogP contribution in [0.5, 0.6) is 0 Å². The lowest BCUT2D eigenvalue weighted by Gasteiger charge is -2.39. The first kappa shape index (κ1) is 16.7. The van der Waals surface area contributed by atoms with Crippen molar-refractivity contribution in [3.8, 4) is 0 Å². The van der Waals surface area contributed by atoms with E-state index in [1.807, 2.05) is 0 Å². The predicted molar refractivity (Wildman–Crippen MR) is 92.5 cm³/mol. The first-order chi connectivity index (χ1) is 9.72. The molecule has 2 saturated carbocycles. The van der Waals surface area contributed by atoms with Gasteiger partial charge in [0.25, 0.3) is 0 Å². The van der Waals surface area contributed by atoms with Crippen molar-refractivity contribution in [1.29, 1.82) is 0 Å². The first-order valence-corrected chi connectivity index (χ1v) is 10.1. The maximum Gasteiger partial charge on any atom is 0.0206 e. The van der Waals surface area contributed by atoms with E-state index in [4.69, 9.17) is 0 Å². The fraction of sp³-hybridized carbons (Fsp3) is 1.00.